The number of amides is 1. The SMILES string of the molecule is CCNC(=O)CCNC1CCOc2ccc(Br)cc21. The van der Waals surface area contributed by atoms with Gasteiger partial charge in [0.1, 0.15) is 5.75 Å². The number of hydrogen-bond donors (Lipinski definition) is 2. The number of fused-ring (bicyclic) bond motifs is 1. The van der Waals surface area contributed by atoms with E-state index in [1.807, 2.05) is 19.1 Å². The van der Waals surface area contributed by atoms with E-state index in [1.165, 1.54) is 0 Å². The van der Waals surface area contributed by atoms with Crippen molar-refractivity contribution in [1.29, 1.82) is 0 Å². The number of benzene rings is 1. The molecule has 4 nitrogen and oxygen atoms in total. The number of carbonyl (C=O) groups is 1. The molecule has 1 amide bonds. The molecule has 1 aliphatic heterocycles. The number of nitrogens with one attached hydrogen (secondary N) is 2. The summed E-state index contributed by atoms with van der Waals surface area (Å²) in [5, 5.41) is 6.23. The quantitative estimate of drug-likeness (QED) is 0.873. The molecule has 0 aromatic heterocycles. The number of hydrogen-bond acceptors (Lipinski definition) is 3. The summed E-state index contributed by atoms with van der Waals surface area (Å²) in [6.07, 6.45) is 1.44. The van der Waals surface area contributed by atoms with Gasteiger partial charge in [0.25, 0.3) is 0 Å². The summed E-state index contributed by atoms with van der Waals surface area (Å²) in [5.41, 5.74) is 1.16. The fourth-order valence-corrected chi connectivity index (χ4v) is 2.60. The summed E-state index contributed by atoms with van der Waals surface area (Å²) in [6, 6.07) is 6.31. The highest BCUT2D eigenvalue weighted by molar-refractivity contribution is 9.10. The first kappa shape index (κ1) is 14.3. The molecule has 1 heterocycles. The van der Waals surface area contributed by atoms with Crippen LogP contribution in [0.5, 0.6) is 5.75 Å². The third kappa shape index (κ3) is 3.94. The molecule has 0 bridgehead atoms. The lowest BCUT2D eigenvalue weighted by atomic mass is 10.0. The van der Waals surface area contributed by atoms with Crippen molar-refractivity contribution in [1.82, 2.24) is 10.6 Å². The summed E-state index contributed by atoms with van der Waals surface area (Å²) < 4.78 is 6.68. The molecule has 0 fully saturated rings. The molecular weight excluding hydrogens is 308 g/mol. The van der Waals surface area contributed by atoms with Gasteiger partial charge in [-0.1, -0.05) is 15.9 Å². The maximum absolute atomic E-state index is 11.4. The van der Waals surface area contributed by atoms with E-state index in [1.54, 1.807) is 0 Å². The molecule has 1 aromatic rings. The Hall–Kier alpha value is -1.07. The molecule has 1 atom stereocenters. The van der Waals surface area contributed by atoms with Gasteiger partial charge in [-0.15, -0.1) is 0 Å². The first-order valence-corrected chi connectivity index (χ1v) is 7.42. The first-order valence-electron chi connectivity index (χ1n) is 6.63. The third-order valence-electron chi connectivity index (χ3n) is 3.13. The van der Waals surface area contributed by atoms with Crippen molar-refractivity contribution in [2.24, 2.45) is 0 Å². The molecule has 0 radical (unpaired) electrons. The first-order chi connectivity index (χ1) is 9.20. The summed E-state index contributed by atoms with van der Waals surface area (Å²) in [7, 11) is 0. The Morgan fingerprint density at radius 1 is 1.53 bits per heavy atom. The Labute approximate surface area is 122 Å². The Bertz CT molecular complexity index is 451. The predicted molar refractivity (Wildman–Crippen MR) is 78.3 cm³/mol. The number of halogens is 1. The third-order valence-corrected chi connectivity index (χ3v) is 3.62. The Morgan fingerprint density at radius 2 is 2.37 bits per heavy atom. The molecular formula is C14H19BrN2O2. The van der Waals surface area contributed by atoms with Gasteiger partial charge in [-0.3, -0.25) is 4.79 Å². The highest BCUT2D eigenvalue weighted by atomic mass is 79.9. The Kier molecular flexibility index (Phi) is 5.22. The molecule has 5 heteroatoms. The van der Waals surface area contributed by atoms with Gasteiger partial charge in [0.15, 0.2) is 0 Å². The van der Waals surface area contributed by atoms with E-state index in [0.717, 1.165) is 22.2 Å². The van der Waals surface area contributed by atoms with Crippen LogP contribution in [0.2, 0.25) is 0 Å². The average Bonchev–Trinajstić information content (AvgIpc) is 2.39. The molecule has 0 spiro atoms. The molecule has 1 aromatic carbocycles. The zero-order valence-electron chi connectivity index (χ0n) is 11.0. The van der Waals surface area contributed by atoms with Gasteiger partial charge in [-0.2, -0.15) is 0 Å². The van der Waals surface area contributed by atoms with Crippen LogP contribution in [0.4, 0.5) is 0 Å². The van der Waals surface area contributed by atoms with Gasteiger partial charge in [0, 0.05) is 42.0 Å². The van der Waals surface area contributed by atoms with Crippen LogP contribution in [-0.2, 0) is 4.79 Å². The zero-order chi connectivity index (χ0) is 13.7. The van der Waals surface area contributed by atoms with Crippen LogP contribution in [0, 0.1) is 0 Å². The minimum Gasteiger partial charge on any atom is -0.493 e. The van der Waals surface area contributed by atoms with Crippen LogP contribution in [-0.4, -0.2) is 25.6 Å². The standard InChI is InChI=1S/C14H19BrN2O2/c1-2-16-14(18)5-7-17-12-6-8-19-13-4-3-10(15)9-11(12)13/h3-4,9,12,17H,2,5-8H2,1H3,(H,16,18). The Morgan fingerprint density at radius 3 is 3.16 bits per heavy atom. The van der Waals surface area contributed by atoms with Crippen molar-refractivity contribution < 1.29 is 9.53 Å². The lowest BCUT2D eigenvalue weighted by molar-refractivity contribution is -0.120. The number of ether oxygens (including phenoxy) is 1. The largest absolute Gasteiger partial charge is 0.493 e. The molecule has 0 aliphatic carbocycles. The molecule has 2 rings (SSSR count). The van der Waals surface area contributed by atoms with E-state index >= 15 is 0 Å². The number of carbonyl (C=O) groups excluding carboxylic acids is 1. The van der Waals surface area contributed by atoms with Crippen molar-refractivity contribution >= 4 is 21.8 Å². The highest BCUT2D eigenvalue weighted by Crippen LogP contribution is 2.33. The van der Waals surface area contributed by atoms with E-state index in [9.17, 15) is 4.79 Å². The fraction of sp³-hybridized carbons (Fsp3) is 0.500. The van der Waals surface area contributed by atoms with Crippen molar-refractivity contribution in [2.75, 3.05) is 19.7 Å². The van der Waals surface area contributed by atoms with Gasteiger partial charge in [0.2, 0.25) is 5.91 Å². The molecule has 1 aliphatic rings. The summed E-state index contributed by atoms with van der Waals surface area (Å²) in [5.74, 6) is 1.03. The van der Waals surface area contributed by atoms with Gasteiger partial charge in [-0.25, -0.2) is 0 Å². The molecule has 0 saturated heterocycles. The van der Waals surface area contributed by atoms with E-state index in [2.05, 4.69) is 32.6 Å². The zero-order valence-corrected chi connectivity index (χ0v) is 12.6. The molecule has 0 saturated carbocycles. The minimum atomic E-state index is 0.0940. The van der Waals surface area contributed by atoms with Gasteiger partial charge in [-0.05, 0) is 25.1 Å². The van der Waals surface area contributed by atoms with Crippen LogP contribution in [0.15, 0.2) is 22.7 Å². The fourth-order valence-electron chi connectivity index (χ4n) is 2.22. The summed E-state index contributed by atoms with van der Waals surface area (Å²) in [4.78, 5) is 11.4. The molecule has 1 unspecified atom stereocenters. The van der Waals surface area contributed by atoms with E-state index in [-0.39, 0.29) is 11.9 Å². The van der Waals surface area contributed by atoms with Crippen LogP contribution in [0.25, 0.3) is 0 Å². The molecule has 19 heavy (non-hydrogen) atoms. The van der Waals surface area contributed by atoms with Crippen molar-refractivity contribution in [2.45, 2.75) is 25.8 Å². The topological polar surface area (TPSA) is 50.4 Å². The second kappa shape index (κ2) is 6.91. The maximum Gasteiger partial charge on any atom is 0.221 e. The number of rotatable bonds is 5. The highest BCUT2D eigenvalue weighted by Gasteiger charge is 2.21. The van der Waals surface area contributed by atoms with E-state index in [0.29, 0.717) is 26.1 Å². The average molecular weight is 327 g/mol. The lowest BCUT2D eigenvalue weighted by Gasteiger charge is -2.27. The summed E-state index contributed by atoms with van der Waals surface area (Å²) in [6.45, 7) is 4.01. The monoisotopic (exact) mass is 326 g/mol. The van der Waals surface area contributed by atoms with Crippen molar-refractivity contribution in [3.63, 3.8) is 0 Å². The van der Waals surface area contributed by atoms with Crippen LogP contribution in [0.1, 0.15) is 31.4 Å². The smallest absolute Gasteiger partial charge is 0.221 e. The predicted octanol–water partition coefficient (Wildman–Crippen LogP) is 2.39. The van der Waals surface area contributed by atoms with Gasteiger partial charge < -0.3 is 15.4 Å². The van der Waals surface area contributed by atoms with E-state index < -0.39 is 0 Å². The van der Waals surface area contributed by atoms with Crippen LogP contribution < -0.4 is 15.4 Å². The molecule has 2 N–H and O–H groups in total. The second-order valence-corrected chi connectivity index (χ2v) is 5.45. The summed E-state index contributed by atoms with van der Waals surface area (Å²) >= 11 is 3.48. The second-order valence-electron chi connectivity index (χ2n) is 4.53. The van der Waals surface area contributed by atoms with E-state index in [4.69, 9.17) is 4.74 Å². The van der Waals surface area contributed by atoms with Crippen LogP contribution in [0.3, 0.4) is 0 Å². The lowest BCUT2D eigenvalue weighted by Crippen LogP contribution is -2.31. The Balaban J connectivity index is 1.92. The molecule has 104 valence electrons. The van der Waals surface area contributed by atoms with Crippen LogP contribution >= 0.6 is 15.9 Å². The van der Waals surface area contributed by atoms with Gasteiger partial charge >= 0.3 is 0 Å². The van der Waals surface area contributed by atoms with Crippen molar-refractivity contribution in [3.05, 3.63) is 28.2 Å². The van der Waals surface area contributed by atoms with Crippen molar-refractivity contribution in [3.8, 4) is 5.75 Å². The van der Waals surface area contributed by atoms with Gasteiger partial charge in [0.05, 0.1) is 6.61 Å². The minimum absolute atomic E-state index is 0.0940. The normalized spacial score (nSPS) is 17.5. The maximum atomic E-state index is 11.4.